The number of pyridine rings is 1. The Kier molecular flexibility index (Phi) is 4.47. The minimum absolute atomic E-state index is 0.0747. The summed E-state index contributed by atoms with van der Waals surface area (Å²) in [4.78, 5) is 15.8. The van der Waals surface area contributed by atoms with Crippen molar-refractivity contribution in [3.63, 3.8) is 0 Å². The molecule has 4 nitrogen and oxygen atoms in total. The van der Waals surface area contributed by atoms with Gasteiger partial charge in [-0.1, -0.05) is 13.0 Å². The number of ether oxygens (including phenoxy) is 1. The van der Waals surface area contributed by atoms with E-state index in [1.807, 2.05) is 23.6 Å². The fraction of sp³-hybridized carbons (Fsp3) is 0.429. The van der Waals surface area contributed by atoms with E-state index < -0.39 is 0 Å². The Labute approximate surface area is 117 Å². The molecule has 0 aliphatic heterocycles. The first-order chi connectivity index (χ1) is 9.10. The van der Waals surface area contributed by atoms with Crippen LogP contribution < -0.4 is 0 Å². The minimum Gasteiger partial charge on any atom is -0.469 e. The van der Waals surface area contributed by atoms with Gasteiger partial charge in [0.1, 0.15) is 5.65 Å². The fourth-order valence-corrected chi connectivity index (χ4v) is 2.79. The number of carbonyl (C=O) groups is 1. The quantitative estimate of drug-likeness (QED) is 0.789. The second-order valence-electron chi connectivity index (χ2n) is 4.64. The van der Waals surface area contributed by atoms with E-state index in [4.69, 9.17) is 4.74 Å². The molecule has 0 fully saturated rings. The lowest BCUT2D eigenvalue weighted by Crippen LogP contribution is -2.14. The van der Waals surface area contributed by atoms with Crippen LogP contribution in [-0.2, 0) is 15.3 Å². The molecule has 0 amide bonds. The summed E-state index contributed by atoms with van der Waals surface area (Å²) in [6.45, 7) is 3.94. The molecule has 2 aromatic rings. The number of rotatable bonds is 5. The van der Waals surface area contributed by atoms with Crippen LogP contribution in [0.25, 0.3) is 5.65 Å². The van der Waals surface area contributed by atoms with Crippen LogP contribution in [0.4, 0.5) is 0 Å². The summed E-state index contributed by atoms with van der Waals surface area (Å²) < 4.78 is 6.74. The number of hydrogen-bond donors (Lipinski definition) is 0. The zero-order valence-electron chi connectivity index (χ0n) is 11.4. The van der Waals surface area contributed by atoms with Crippen molar-refractivity contribution in [1.82, 2.24) is 9.38 Å². The van der Waals surface area contributed by atoms with Gasteiger partial charge in [-0.15, -0.1) is 0 Å². The Balaban J connectivity index is 1.93. The lowest BCUT2D eigenvalue weighted by Gasteiger charge is -2.07. The highest BCUT2D eigenvalue weighted by Crippen LogP contribution is 2.16. The summed E-state index contributed by atoms with van der Waals surface area (Å²) >= 11 is 1.70. The summed E-state index contributed by atoms with van der Waals surface area (Å²) in [7, 11) is 1.42. The van der Waals surface area contributed by atoms with E-state index in [1.54, 1.807) is 11.8 Å². The topological polar surface area (TPSA) is 43.6 Å². The summed E-state index contributed by atoms with van der Waals surface area (Å²) in [6, 6.07) is 4.07. The van der Waals surface area contributed by atoms with E-state index in [0.717, 1.165) is 22.8 Å². The van der Waals surface area contributed by atoms with Crippen molar-refractivity contribution in [3.8, 4) is 0 Å². The van der Waals surface area contributed by atoms with E-state index >= 15 is 0 Å². The number of nitrogens with zero attached hydrogens (tertiary/aromatic N) is 2. The highest BCUT2D eigenvalue weighted by atomic mass is 32.2. The third-order valence-electron chi connectivity index (χ3n) is 2.87. The van der Waals surface area contributed by atoms with E-state index in [1.165, 1.54) is 12.7 Å². The van der Waals surface area contributed by atoms with Crippen LogP contribution in [0.2, 0.25) is 0 Å². The molecule has 1 atom stereocenters. The van der Waals surface area contributed by atoms with Crippen LogP contribution in [0.3, 0.4) is 0 Å². The van der Waals surface area contributed by atoms with E-state index in [9.17, 15) is 4.79 Å². The molecule has 19 heavy (non-hydrogen) atoms. The Morgan fingerprint density at radius 3 is 3.00 bits per heavy atom. The molecule has 0 spiro atoms. The number of carbonyl (C=O) groups excluding carboxylic acids is 1. The van der Waals surface area contributed by atoms with Crippen LogP contribution in [0.1, 0.15) is 18.2 Å². The number of fused-ring (bicyclic) bond motifs is 1. The van der Waals surface area contributed by atoms with Gasteiger partial charge < -0.3 is 9.14 Å². The zero-order chi connectivity index (χ0) is 13.8. The lowest BCUT2D eigenvalue weighted by atomic mass is 10.2. The Morgan fingerprint density at radius 1 is 1.47 bits per heavy atom. The molecule has 0 saturated heterocycles. The predicted molar refractivity (Wildman–Crippen MR) is 77.3 cm³/mol. The maximum atomic E-state index is 11.3. The molecule has 2 heterocycles. The molecule has 0 aromatic carbocycles. The number of esters is 1. The van der Waals surface area contributed by atoms with Crippen LogP contribution in [-0.4, -0.2) is 28.2 Å². The third-order valence-corrected chi connectivity index (χ3v) is 4.11. The summed E-state index contributed by atoms with van der Waals surface area (Å²) in [6.07, 6.45) is 4.10. The van der Waals surface area contributed by atoms with Gasteiger partial charge in [-0.25, -0.2) is 4.98 Å². The molecule has 0 radical (unpaired) electrons. The molecule has 0 bridgehead atoms. The second-order valence-corrected chi connectivity index (χ2v) is 5.67. The van der Waals surface area contributed by atoms with Gasteiger partial charge in [0.05, 0.1) is 18.7 Å². The predicted octanol–water partition coefficient (Wildman–Crippen LogP) is 2.69. The largest absolute Gasteiger partial charge is 0.469 e. The molecular formula is C14H18N2O2S. The maximum absolute atomic E-state index is 11.3. The first-order valence-electron chi connectivity index (χ1n) is 6.20. The molecule has 0 N–H and O–H groups in total. The molecule has 1 unspecified atom stereocenters. The van der Waals surface area contributed by atoms with Gasteiger partial charge in [-0.3, -0.25) is 4.79 Å². The molecule has 2 rings (SSSR count). The number of aromatic nitrogens is 2. The lowest BCUT2D eigenvalue weighted by molar-refractivity contribution is -0.143. The Bertz CT molecular complexity index is 580. The number of thioether (sulfide) groups is 1. The molecule has 0 aliphatic carbocycles. The highest BCUT2D eigenvalue weighted by molar-refractivity contribution is 7.98. The number of methoxy groups -OCH3 is 1. The normalized spacial score (nSPS) is 12.6. The average Bonchev–Trinajstić information content (AvgIpc) is 2.79. The van der Waals surface area contributed by atoms with Gasteiger partial charge in [0.15, 0.2) is 0 Å². The molecule has 5 heteroatoms. The highest BCUT2D eigenvalue weighted by Gasteiger charge is 2.13. The van der Waals surface area contributed by atoms with Crippen molar-refractivity contribution in [2.75, 3.05) is 12.9 Å². The van der Waals surface area contributed by atoms with Crippen LogP contribution in [0.15, 0.2) is 24.5 Å². The smallest absolute Gasteiger partial charge is 0.309 e. The Morgan fingerprint density at radius 2 is 2.26 bits per heavy atom. The van der Waals surface area contributed by atoms with Crippen molar-refractivity contribution in [2.45, 2.75) is 19.6 Å². The van der Waals surface area contributed by atoms with Gasteiger partial charge in [-0.05, 0) is 18.6 Å². The van der Waals surface area contributed by atoms with E-state index in [-0.39, 0.29) is 11.9 Å². The minimum atomic E-state index is -0.155. The molecule has 0 aliphatic rings. The second kappa shape index (κ2) is 6.10. The molecular weight excluding hydrogens is 260 g/mol. The van der Waals surface area contributed by atoms with Gasteiger partial charge in [0.25, 0.3) is 0 Å². The maximum Gasteiger partial charge on any atom is 0.309 e. The van der Waals surface area contributed by atoms with Crippen molar-refractivity contribution >= 4 is 23.4 Å². The Hall–Kier alpha value is -1.49. The van der Waals surface area contributed by atoms with Crippen LogP contribution in [0, 0.1) is 12.8 Å². The fourth-order valence-electron chi connectivity index (χ4n) is 1.83. The van der Waals surface area contributed by atoms with Crippen molar-refractivity contribution < 1.29 is 9.53 Å². The molecule has 0 saturated carbocycles. The van der Waals surface area contributed by atoms with Crippen molar-refractivity contribution in [3.05, 3.63) is 35.8 Å². The third kappa shape index (κ3) is 3.50. The van der Waals surface area contributed by atoms with Gasteiger partial charge in [-0.2, -0.15) is 11.8 Å². The summed E-state index contributed by atoms with van der Waals surface area (Å²) in [5.41, 5.74) is 3.21. The molecule has 102 valence electrons. The van der Waals surface area contributed by atoms with Gasteiger partial charge >= 0.3 is 5.97 Å². The van der Waals surface area contributed by atoms with E-state index in [2.05, 4.69) is 24.2 Å². The first-order valence-corrected chi connectivity index (χ1v) is 7.35. The van der Waals surface area contributed by atoms with Crippen molar-refractivity contribution in [2.24, 2.45) is 5.92 Å². The summed E-state index contributed by atoms with van der Waals surface area (Å²) in [5, 5.41) is 0. The van der Waals surface area contributed by atoms with Crippen LogP contribution in [0.5, 0.6) is 0 Å². The first kappa shape index (κ1) is 13.9. The number of imidazole rings is 1. The van der Waals surface area contributed by atoms with Gasteiger partial charge in [0, 0.05) is 23.9 Å². The monoisotopic (exact) mass is 278 g/mol. The zero-order valence-corrected chi connectivity index (χ0v) is 12.2. The molecule has 2 aromatic heterocycles. The standard InChI is InChI=1S/C14H18N2O2S/c1-10-4-5-13-15-12(7-16(13)6-10)9-19-8-11(2)14(17)18-3/h4-7,11H,8-9H2,1-3H3. The number of aryl methyl sites for hydroxylation is 1. The van der Waals surface area contributed by atoms with Crippen molar-refractivity contribution in [1.29, 1.82) is 0 Å². The van der Waals surface area contributed by atoms with Crippen LogP contribution >= 0.6 is 11.8 Å². The number of hydrogen-bond acceptors (Lipinski definition) is 4. The van der Waals surface area contributed by atoms with Gasteiger partial charge in [0.2, 0.25) is 0 Å². The summed E-state index contributed by atoms with van der Waals surface area (Å²) in [5.74, 6) is 1.33. The average molecular weight is 278 g/mol. The SMILES string of the molecule is COC(=O)C(C)CSCc1cn2cc(C)ccc2n1. The van der Waals surface area contributed by atoms with E-state index in [0.29, 0.717) is 0 Å².